The summed E-state index contributed by atoms with van der Waals surface area (Å²) < 4.78 is 10.4. The summed E-state index contributed by atoms with van der Waals surface area (Å²) >= 11 is 0. The first-order valence-corrected chi connectivity index (χ1v) is 7.81. The van der Waals surface area contributed by atoms with Crippen LogP contribution in [-0.4, -0.2) is 43.2 Å². The molecule has 0 atom stereocenters. The molecule has 24 heavy (non-hydrogen) atoms. The average molecular weight is 328 g/mol. The predicted octanol–water partition coefficient (Wildman–Crippen LogP) is 2.35. The van der Waals surface area contributed by atoms with Crippen molar-refractivity contribution in [3.05, 3.63) is 36.2 Å². The van der Waals surface area contributed by atoms with Gasteiger partial charge in [0.25, 0.3) is 5.91 Å². The van der Waals surface area contributed by atoms with Gasteiger partial charge in [-0.3, -0.25) is 4.79 Å². The number of aromatic nitrogens is 2. The molecule has 7 heteroatoms. The third-order valence-corrected chi connectivity index (χ3v) is 3.98. The van der Waals surface area contributed by atoms with Gasteiger partial charge in [0.05, 0.1) is 19.8 Å². The molecule has 1 aromatic heterocycles. The molecule has 1 amide bonds. The second-order valence-electron chi connectivity index (χ2n) is 5.48. The van der Waals surface area contributed by atoms with E-state index in [0.717, 1.165) is 31.7 Å². The molecule has 1 aliphatic heterocycles. The molecule has 1 aromatic carbocycles. The fraction of sp³-hybridized carbons (Fsp3) is 0.353. The van der Waals surface area contributed by atoms with Crippen LogP contribution < -0.4 is 19.7 Å². The highest BCUT2D eigenvalue weighted by molar-refractivity contribution is 6.06. The van der Waals surface area contributed by atoms with Gasteiger partial charge in [-0.05, 0) is 31.0 Å². The molecule has 1 N–H and O–H groups in total. The summed E-state index contributed by atoms with van der Waals surface area (Å²) in [5.74, 6) is 2.04. The molecule has 0 bridgehead atoms. The molecule has 0 unspecified atom stereocenters. The van der Waals surface area contributed by atoms with E-state index in [2.05, 4.69) is 20.2 Å². The van der Waals surface area contributed by atoms with Crippen LogP contribution in [0.25, 0.3) is 0 Å². The molecule has 3 rings (SSSR count). The second-order valence-corrected chi connectivity index (χ2v) is 5.48. The minimum absolute atomic E-state index is 0.308. The lowest BCUT2D eigenvalue weighted by atomic mass is 10.1. The molecule has 1 fully saturated rings. The number of ether oxygens (including phenoxy) is 2. The van der Waals surface area contributed by atoms with Gasteiger partial charge in [-0.2, -0.15) is 0 Å². The molecule has 0 saturated carbocycles. The van der Waals surface area contributed by atoms with E-state index in [1.165, 1.54) is 13.4 Å². The molecule has 126 valence electrons. The Hall–Kier alpha value is -2.83. The smallest absolute Gasteiger partial charge is 0.260 e. The van der Waals surface area contributed by atoms with Gasteiger partial charge in [0, 0.05) is 19.2 Å². The third-order valence-electron chi connectivity index (χ3n) is 3.98. The fourth-order valence-corrected chi connectivity index (χ4v) is 2.71. The average Bonchev–Trinajstić information content (AvgIpc) is 3.16. The first kappa shape index (κ1) is 16.0. The van der Waals surface area contributed by atoms with Crippen LogP contribution in [-0.2, 0) is 0 Å². The Kier molecular flexibility index (Phi) is 4.79. The number of rotatable bonds is 5. The number of amides is 1. The maximum absolute atomic E-state index is 12.6. The number of carbonyl (C=O) groups excluding carboxylic acids is 1. The zero-order valence-electron chi connectivity index (χ0n) is 13.8. The molecular weight excluding hydrogens is 308 g/mol. The molecule has 0 radical (unpaired) electrons. The van der Waals surface area contributed by atoms with Gasteiger partial charge < -0.3 is 19.7 Å². The highest BCUT2D eigenvalue weighted by Gasteiger charge is 2.17. The number of anilines is 2. The SMILES string of the molecule is COc1ccc(OC)c(C(=O)Nc2cc(N3CCCC3)ncn2)c1. The zero-order chi connectivity index (χ0) is 16.9. The van der Waals surface area contributed by atoms with E-state index in [1.54, 1.807) is 31.4 Å². The molecule has 2 aromatic rings. The highest BCUT2D eigenvalue weighted by Crippen LogP contribution is 2.25. The lowest BCUT2D eigenvalue weighted by molar-refractivity contribution is 0.102. The number of nitrogens with zero attached hydrogens (tertiary/aromatic N) is 3. The summed E-state index contributed by atoms with van der Waals surface area (Å²) in [7, 11) is 3.07. The predicted molar refractivity (Wildman–Crippen MR) is 91.0 cm³/mol. The van der Waals surface area contributed by atoms with E-state index in [-0.39, 0.29) is 5.91 Å². The van der Waals surface area contributed by atoms with Crippen molar-refractivity contribution >= 4 is 17.5 Å². The van der Waals surface area contributed by atoms with Crippen LogP contribution in [0.5, 0.6) is 11.5 Å². The highest BCUT2D eigenvalue weighted by atomic mass is 16.5. The topological polar surface area (TPSA) is 76.6 Å². The maximum atomic E-state index is 12.6. The molecule has 0 spiro atoms. The van der Waals surface area contributed by atoms with Gasteiger partial charge in [-0.15, -0.1) is 0 Å². The van der Waals surface area contributed by atoms with Crippen LogP contribution in [0.2, 0.25) is 0 Å². The lowest BCUT2D eigenvalue weighted by Crippen LogP contribution is -2.20. The summed E-state index contributed by atoms with van der Waals surface area (Å²) in [6.07, 6.45) is 3.78. The Morgan fingerprint density at radius 3 is 2.62 bits per heavy atom. The van der Waals surface area contributed by atoms with E-state index in [0.29, 0.717) is 22.9 Å². The van der Waals surface area contributed by atoms with Gasteiger partial charge >= 0.3 is 0 Å². The van der Waals surface area contributed by atoms with Crippen molar-refractivity contribution in [3.63, 3.8) is 0 Å². The van der Waals surface area contributed by atoms with Crippen molar-refractivity contribution in [2.75, 3.05) is 37.5 Å². The Labute approximate surface area is 140 Å². The fourth-order valence-electron chi connectivity index (χ4n) is 2.71. The van der Waals surface area contributed by atoms with Crippen LogP contribution in [0.1, 0.15) is 23.2 Å². The Bertz CT molecular complexity index is 730. The molecule has 0 aliphatic carbocycles. The third kappa shape index (κ3) is 3.40. The first-order chi connectivity index (χ1) is 11.7. The van der Waals surface area contributed by atoms with Crippen LogP contribution in [0.4, 0.5) is 11.6 Å². The maximum Gasteiger partial charge on any atom is 0.260 e. The summed E-state index contributed by atoms with van der Waals surface area (Å²) in [4.78, 5) is 23.2. The van der Waals surface area contributed by atoms with Crippen LogP contribution >= 0.6 is 0 Å². The van der Waals surface area contributed by atoms with Crippen molar-refractivity contribution < 1.29 is 14.3 Å². The molecule has 1 aliphatic rings. The van der Waals surface area contributed by atoms with Crippen molar-refractivity contribution in [2.45, 2.75) is 12.8 Å². The van der Waals surface area contributed by atoms with Gasteiger partial charge in [0.1, 0.15) is 29.5 Å². The second kappa shape index (κ2) is 7.16. The Morgan fingerprint density at radius 2 is 1.92 bits per heavy atom. The van der Waals surface area contributed by atoms with Crippen molar-refractivity contribution in [2.24, 2.45) is 0 Å². The van der Waals surface area contributed by atoms with Crippen LogP contribution in [0.15, 0.2) is 30.6 Å². The molecular formula is C17H20N4O3. The van der Waals surface area contributed by atoms with Crippen molar-refractivity contribution in [3.8, 4) is 11.5 Å². The van der Waals surface area contributed by atoms with Crippen LogP contribution in [0.3, 0.4) is 0 Å². The standard InChI is InChI=1S/C17H20N4O3/c1-23-12-5-6-14(24-2)13(9-12)17(22)20-15-10-16(19-11-18-15)21-7-3-4-8-21/h5-6,9-11H,3-4,7-8H2,1-2H3,(H,18,19,20,22). The monoisotopic (exact) mass is 328 g/mol. The van der Waals surface area contributed by atoms with Gasteiger partial charge in [0.2, 0.25) is 0 Å². The minimum atomic E-state index is -0.308. The van der Waals surface area contributed by atoms with Gasteiger partial charge in [-0.1, -0.05) is 0 Å². The number of benzene rings is 1. The summed E-state index contributed by atoms with van der Waals surface area (Å²) in [6, 6.07) is 6.86. The summed E-state index contributed by atoms with van der Waals surface area (Å²) in [6.45, 7) is 1.96. The summed E-state index contributed by atoms with van der Waals surface area (Å²) in [5.41, 5.74) is 0.387. The lowest BCUT2D eigenvalue weighted by Gasteiger charge is -2.16. The van der Waals surface area contributed by atoms with E-state index >= 15 is 0 Å². The zero-order valence-corrected chi connectivity index (χ0v) is 13.8. The molecule has 1 saturated heterocycles. The minimum Gasteiger partial charge on any atom is -0.497 e. The number of hydrogen-bond acceptors (Lipinski definition) is 6. The summed E-state index contributed by atoms with van der Waals surface area (Å²) in [5, 5.41) is 2.80. The van der Waals surface area contributed by atoms with E-state index in [1.807, 2.05) is 0 Å². The van der Waals surface area contributed by atoms with Crippen LogP contribution in [0, 0.1) is 0 Å². The number of hydrogen-bond donors (Lipinski definition) is 1. The number of methoxy groups -OCH3 is 2. The van der Waals surface area contributed by atoms with Gasteiger partial charge in [0.15, 0.2) is 0 Å². The Balaban J connectivity index is 1.81. The van der Waals surface area contributed by atoms with E-state index in [4.69, 9.17) is 9.47 Å². The van der Waals surface area contributed by atoms with Gasteiger partial charge in [-0.25, -0.2) is 9.97 Å². The van der Waals surface area contributed by atoms with Crippen molar-refractivity contribution in [1.82, 2.24) is 9.97 Å². The molecule has 7 nitrogen and oxygen atoms in total. The Morgan fingerprint density at radius 1 is 1.12 bits per heavy atom. The first-order valence-electron chi connectivity index (χ1n) is 7.81. The van der Waals surface area contributed by atoms with Crippen molar-refractivity contribution in [1.29, 1.82) is 0 Å². The normalized spacial score (nSPS) is 13.7. The largest absolute Gasteiger partial charge is 0.497 e. The van der Waals surface area contributed by atoms with E-state index < -0.39 is 0 Å². The molecule has 2 heterocycles. The quantitative estimate of drug-likeness (QED) is 0.908. The van der Waals surface area contributed by atoms with E-state index in [9.17, 15) is 4.79 Å². The number of carbonyl (C=O) groups is 1. The number of nitrogens with one attached hydrogen (secondary N) is 1.